The fourth-order valence-electron chi connectivity index (χ4n) is 2.16. The van der Waals surface area contributed by atoms with Crippen LogP contribution < -0.4 is 10.6 Å². The van der Waals surface area contributed by atoms with E-state index < -0.39 is 0 Å². The molecule has 2 N–H and O–H groups in total. The Morgan fingerprint density at radius 2 is 1.78 bits per heavy atom. The Balaban J connectivity index is 2.11. The number of carbonyl (C=O) groups excluding carboxylic acids is 2. The molecule has 1 saturated carbocycles. The van der Waals surface area contributed by atoms with Crippen molar-refractivity contribution >= 4 is 11.8 Å². The highest BCUT2D eigenvalue weighted by Gasteiger charge is 2.21. The van der Waals surface area contributed by atoms with E-state index in [1.54, 1.807) is 0 Å². The van der Waals surface area contributed by atoms with E-state index in [-0.39, 0.29) is 24.3 Å². The summed E-state index contributed by atoms with van der Waals surface area (Å²) in [6.07, 6.45) is 5.43. The van der Waals surface area contributed by atoms with Crippen molar-refractivity contribution in [3.63, 3.8) is 0 Å². The lowest BCUT2D eigenvalue weighted by Gasteiger charge is -2.20. The van der Waals surface area contributed by atoms with Gasteiger partial charge in [0.05, 0.1) is 6.54 Å². The molecule has 1 rings (SSSR count). The molecule has 2 amide bonds. The van der Waals surface area contributed by atoms with Gasteiger partial charge in [0.25, 0.3) is 0 Å². The van der Waals surface area contributed by atoms with E-state index in [4.69, 9.17) is 0 Å². The predicted molar refractivity (Wildman–Crippen MR) is 71.1 cm³/mol. The van der Waals surface area contributed by atoms with Crippen LogP contribution in [0, 0.1) is 5.92 Å². The highest BCUT2D eigenvalue weighted by atomic mass is 16.2. The molecule has 5 nitrogen and oxygen atoms in total. The van der Waals surface area contributed by atoms with Gasteiger partial charge in [-0.15, -0.1) is 0 Å². The summed E-state index contributed by atoms with van der Waals surface area (Å²) in [5, 5.41) is 5.50. The molecule has 1 aliphatic carbocycles. The summed E-state index contributed by atoms with van der Waals surface area (Å²) in [5.41, 5.74) is 0. The fraction of sp³-hybridized carbons (Fsp3) is 0.846. The number of nitrogens with zero attached hydrogens (tertiary/aromatic N) is 1. The number of carbonyl (C=O) groups is 2. The number of rotatable bonds is 6. The molecule has 0 atom stereocenters. The summed E-state index contributed by atoms with van der Waals surface area (Å²) in [4.78, 5) is 25.3. The first-order chi connectivity index (χ1) is 8.59. The van der Waals surface area contributed by atoms with Crippen molar-refractivity contribution < 1.29 is 9.59 Å². The number of nitrogens with one attached hydrogen (secondary N) is 2. The zero-order valence-corrected chi connectivity index (χ0v) is 11.5. The number of amides is 2. The zero-order valence-electron chi connectivity index (χ0n) is 11.5. The third kappa shape index (κ3) is 6.00. The largest absolute Gasteiger partial charge is 0.353 e. The standard InChI is InChI=1S/C13H25N3O2/c1-16(2)9-8-14-12(17)10-15-13(18)11-6-4-3-5-7-11/h11H,3-10H2,1-2H3,(H,14,17)(H,15,18). The maximum Gasteiger partial charge on any atom is 0.239 e. The van der Waals surface area contributed by atoms with Crippen molar-refractivity contribution in [2.75, 3.05) is 33.7 Å². The Bertz CT molecular complexity index is 273. The molecule has 1 aliphatic rings. The van der Waals surface area contributed by atoms with Crippen LogP contribution in [0.15, 0.2) is 0 Å². The van der Waals surface area contributed by atoms with E-state index in [1.165, 1.54) is 6.42 Å². The van der Waals surface area contributed by atoms with Crippen molar-refractivity contribution in [1.82, 2.24) is 15.5 Å². The van der Waals surface area contributed by atoms with Gasteiger partial charge in [-0.25, -0.2) is 0 Å². The molecule has 0 unspecified atom stereocenters. The molecule has 5 heteroatoms. The minimum atomic E-state index is -0.110. The van der Waals surface area contributed by atoms with Crippen molar-refractivity contribution in [3.05, 3.63) is 0 Å². The Kier molecular flexibility index (Phi) is 6.72. The third-order valence-electron chi connectivity index (χ3n) is 3.28. The fourth-order valence-corrected chi connectivity index (χ4v) is 2.16. The molecular formula is C13H25N3O2. The first kappa shape index (κ1) is 15.0. The van der Waals surface area contributed by atoms with Gasteiger partial charge in [0.2, 0.25) is 11.8 Å². The topological polar surface area (TPSA) is 61.4 Å². The van der Waals surface area contributed by atoms with E-state index in [0.29, 0.717) is 6.54 Å². The van der Waals surface area contributed by atoms with E-state index in [0.717, 1.165) is 32.2 Å². The lowest BCUT2D eigenvalue weighted by Crippen LogP contribution is -2.41. The second-order valence-electron chi connectivity index (χ2n) is 5.21. The lowest BCUT2D eigenvalue weighted by molar-refractivity contribution is -0.129. The monoisotopic (exact) mass is 255 g/mol. The molecule has 18 heavy (non-hydrogen) atoms. The van der Waals surface area contributed by atoms with Gasteiger partial charge in [-0.05, 0) is 26.9 Å². The van der Waals surface area contributed by atoms with Gasteiger partial charge in [0, 0.05) is 19.0 Å². The lowest BCUT2D eigenvalue weighted by atomic mass is 9.89. The first-order valence-corrected chi connectivity index (χ1v) is 6.78. The number of hydrogen-bond donors (Lipinski definition) is 2. The summed E-state index contributed by atoms with van der Waals surface area (Å²) in [5.74, 6) is 0.0480. The third-order valence-corrected chi connectivity index (χ3v) is 3.28. The molecule has 0 saturated heterocycles. The smallest absolute Gasteiger partial charge is 0.239 e. The molecule has 0 aromatic rings. The van der Waals surface area contributed by atoms with Crippen LogP contribution in [0.5, 0.6) is 0 Å². The van der Waals surface area contributed by atoms with Gasteiger partial charge in [0.15, 0.2) is 0 Å². The van der Waals surface area contributed by atoms with E-state index in [1.807, 2.05) is 19.0 Å². The molecule has 0 aliphatic heterocycles. The highest BCUT2D eigenvalue weighted by molar-refractivity contribution is 5.85. The van der Waals surface area contributed by atoms with Gasteiger partial charge in [0.1, 0.15) is 0 Å². The molecule has 1 fully saturated rings. The summed E-state index contributed by atoms with van der Waals surface area (Å²) in [6.45, 7) is 1.52. The average Bonchev–Trinajstić information content (AvgIpc) is 2.36. The van der Waals surface area contributed by atoms with Gasteiger partial charge in [-0.1, -0.05) is 19.3 Å². The minimum Gasteiger partial charge on any atom is -0.353 e. The molecule has 0 radical (unpaired) electrons. The molecule has 0 spiro atoms. The van der Waals surface area contributed by atoms with E-state index in [2.05, 4.69) is 10.6 Å². The summed E-state index contributed by atoms with van der Waals surface area (Å²) in [7, 11) is 3.91. The van der Waals surface area contributed by atoms with Crippen molar-refractivity contribution in [2.24, 2.45) is 5.92 Å². The van der Waals surface area contributed by atoms with Crippen LogP contribution in [0.4, 0.5) is 0 Å². The summed E-state index contributed by atoms with van der Waals surface area (Å²) in [6, 6.07) is 0. The molecule has 0 heterocycles. The Labute approximate surface area is 109 Å². The SMILES string of the molecule is CN(C)CCNC(=O)CNC(=O)C1CCCCC1. The summed E-state index contributed by atoms with van der Waals surface area (Å²) < 4.78 is 0. The maximum absolute atomic E-state index is 11.8. The highest BCUT2D eigenvalue weighted by Crippen LogP contribution is 2.23. The van der Waals surface area contributed by atoms with Crippen LogP contribution >= 0.6 is 0 Å². The maximum atomic E-state index is 11.8. The average molecular weight is 255 g/mol. The second kappa shape index (κ2) is 8.08. The molecule has 0 bridgehead atoms. The Morgan fingerprint density at radius 3 is 2.39 bits per heavy atom. The van der Waals surface area contributed by atoms with Gasteiger partial charge in [-0.2, -0.15) is 0 Å². The molecule has 104 valence electrons. The number of likely N-dealkylation sites (N-methyl/N-ethyl adjacent to an activating group) is 1. The van der Waals surface area contributed by atoms with Crippen molar-refractivity contribution in [2.45, 2.75) is 32.1 Å². The van der Waals surface area contributed by atoms with Crippen LogP contribution in [0.1, 0.15) is 32.1 Å². The zero-order chi connectivity index (χ0) is 13.4. The van der Waals surface area contributed by atoms with Crippen molar-refractivity contribution in [1.29, 1.82) is 0 Å². The number of hydrogen-bond acceptors (Lipinski definition) is 3. The molecule has 0 aromatic carbocycles. The predicted octanol–water partition coefficient (Wildman–Crippen LogP) is 0.361. The van der Waals surface area contributed by atoms with E-state index >= 15 is 0 Å². The molecular weight excluding hydrogens is 230 g/mol. The second-order valence-corrected chi connectivity index (χ2v) is 5.21. The van der Waals surface area contributed by atoms with Crippen LogP contribution in [0.2, 0.25) is 0 Å². The van der Waals surface area contributed by atoms with E-state index in [9.17, 15) is 9.59 Å². The van der Waals surface area contributed by atoms with Crippen LogP contribution in [0.3, 0.4) is 0 Å². The van der Waals surface area contributed by atoms with Crippen LogP contribution in [-0.4, -0.2) is 50.4 Å². The normalized spacial score (nSPS) is 16.6. The van der Waals surface area contributed by atoms with Crippen molar-refractivity contribution in [3.8, 4) is 0 Å². The first-order valence-electron chi connectivity index (χ1n) is 6.78. The molecule has 0 aromatic heterocycles. The Hall–Kier alpha value is -1.10. The Morgan fingerprint density at radius 1 is 1.11 bits per heavy atom. The van der Waals surface area contributed by atoms with Gasteiger partial charge in [-0.3, -0.25) is 9.59 Å². The summed E-state index contributed by atoms with van der Waals surface area (Å²) >= 11 is 0. The van der Waals surface area contributed by atoms with Crippen LogP contribution in [0.25, 0.3) is 0 Å². The van der Waals surface area contributed by atoms with Gasteiger partial charge < -0.3 is 15.5 Å². The quantitative estimate of drug-likeness (QED) is 0.720. The van der Waals surface area contributed by atoms with Crippen LogP contribution in [-0.2, 0) is 9.59 Å². The van der Waals surface area contributed by atoms with Gasteiger partial charge >= 0.3 is 0 Å². The minimum absolute atomic E-state index is 0.0393.